The van der Waals surface area contributed by atoms with Crippen molar-refractivity contribution in [2.75, 3.05) is 30.5 Å². The highest BCUT2D eigenvalue weighted by Crippen LogP contribution is 2.30. The lowest BCUT2D eigenvalue weighted by Crippen LogP contribution is -2.48. The van der Waals surface area contributed by atoms with Crippen LogP contribution >= 0.6 is 11.6 Å². The zero-order chi connectivity index (χ0) is 25.0. The number of sulfonamides is 1. The second-order valence-electron chi connectivity index (χ2n) is 8.40. The van der Waals surface area contributed by atoms with Gasteiger partial charge in [-0.2, -0.15) is 0 Å². The van der Waals surface area contributed by atoms with E-state index in [-0.39, 0.29) is 22.9 Å². The molecule has 1 aliphatic heterocycles. The maximum absolute atomic E-state index is 13.9. The number of halogens is 1. The number of para-hydroxylation sites is 1. The first-order valence-electron chi connectivity index (χ1n) is 11.2. The number of amides is 2. The van der Waals surface area contributed by atoms with E-state index in [0.29, 0.717) is 36.9 Å². The zero-order valence-corrected chi connectivity index (χ0v) is 20.9. The quantitative estimate of drug-likeness (QED) is 0.450. The molecule has 182 valence electrons. The van der Waals surface area contributed by atoms with Crippen molar-refractivity contribution < 1.29 is 18.0 Å². The predicted molar refractivity (Wildman–Crippen MR) is 136 cm³/mol. The minimum atomic E-state index is -4.00. The van der Waals surface area contributed by atoms with Crippen LogP contribution in [0.3, 0.4) is 0 Å². The van der Waals surface area contributed by atoms with Crippen LogP contribution in [0.4, 0.5) is 5.69 Å². The number of aryl methyl sites for hydroxylation is 1. The molecule has 9 heteroatoms. The van der Waals surface area contributed by atoms with E-state index in [1.54, 1.807) is 82.6 Å². The van der Waals surface area contributed by atoms with Gasteiger partial charge in [0, 0.05) is 31.2 Å². The molecule has 7 nitrogen and oxygen atoms in total. The van der Waals surface area contributed by atoms with Crippen molar-refractivity contribution in [3.63, 3.8) is 0 Å². The molecule has 35 heavy (non-hydrogen) atoms. The predicted octanol–water partition coefficient (Wildman–Crippen LogP) is 3.96. The van der Waals surface area contributed by atoms with Crippen molar-refractivity contribution in [1.82, 2.24) is 9.80 Å². The number of carbonyl (C=O) groups is 2. The average Bonchev–Trinajstić information content (AvgIpc) is 2.88. The molecule has 0 saturated carbocycles. The summed E-state index contributed by atoms with van der Waals surface area (Å²) in [7, 11) is -4.00. The van der Waals surface area contributed by atoms with Crippen molar-refractivity contribution in [3.8, 4) is 0 Å². The van der Waals surface area contributed by atoms with Gasteiger partial charge in [0.2, 0.25) is 6.41 Å². The molecule has 0 bridgehead atoms. The zero-order valence-electron chi connectivity index (χ0n) is 19.3. The highest BCUT2D eigenvalue weighted by molar-refractivity contribution is 7.92. The van der Waals surface area contributed by atoms with E-state index in [1.807, 2.05) is 6.92 Å². The van der Waals surface area contributed by atoms with Crippen LogP contribution in [0, 0.1) is 6.92 Å². The summed E-state index contributed by atoms with van der Waals surface area (Å²) in [5, 5.41) is 0.548. The highest BCUT2D eigenvalue weighted by atomic mass is 35.5. The fraction of sp³-hybridized carbons (Fsp3) is 0.231. The summed E-state index contributed by atoms with van der Waals surface area (Å²) in [4.78, 5) is 28.0. The molecule has 0 radical (unpaired) electrons. The van der Waals surface area contributed by atoms with Gasteiger partial charge in [-0.1, -0.05) is 53.6 Å². The minimum Gasteiger partial charge on any atom is -0.342 e. The summed E-state index contributed by atoms with van der Waals surface area (Å²) < 4.78 is 29.0. The first kappa shape index (κ1) is 24.8. The van der Waals surface area contributed by atoms with E-state index in [4.69, 9.17) is 11.6 Å². The van der Waals surface area contributed by atoms with Gasteiger partial charge in [0.1, 0.15) is 0 Å². The Hall–Kier alpha value is -3.36. The second-order valence-corrected chi connectivity index (χ2v) is 10.7. The van der Waals surface area contributed by atoms with Gasteiger partial charge >= 0.3 is 0 Å². The topological polar surface area (TPSA) is 78.0 Å². The Bertz CT molecular complexity index is 1300. The van der Waals surface area contributed by atoms with Gasteiger partial charge in [-0.25, -0.2) is 8.42 Å². The Morgan fingerprint density at radius 2 is 1.57 bits per heavy atom. The van der Waals surface area contributed by atoms with Crippen LogP contribution in [-0.2, 0) is 21.4 Å². The van der Waals surface area contributed by atoms with Crippen LogP contribution in [0.1, 0.15) is 21.5 Å². The summed E-state index contributed by atoms with van der Waals surface area (Å²) in [5.41, 5.74) is 2.26. The standard InChI is InChI=1S/C26H26ClN3O4S/c1-20-6-12-23(13-7-20)35(33,34)30(18-21-8-10-22(27)11-9-21)25-5-3-2-4-24(25)26(32)29-16-14-28(19-31)15-17-29/h2-13,19H,14-18H2,1H3. The van der Waals surface area contributed by atoms with Crippen LogP contribution in [-0.4, -0.2) is 56.7 Å². The number of hydrogen-bond acceptors (Lipinski definition) is 4. The fourth-order valence-electron chi connectivity index (χ4n) is 3.97. The first-order chi connectivity index (χ1) is 16.8. The van der Waals surface area contributed by atoms with Crippen LogP contribution in [0.5, 0.6) is 0 Å². The van der Waals surface area contributed by atoms with Crippen LogP contribution in [0.25, 0.3) is 0 Å². The van der Waals surface area contributed by atoms with Gasteiger partial charge in [0.25, 0.3) is 15.9 Å². The van der Waals surface area contributed by atoms with Crippen LogP contribution < -0.4 is 4.31 Å². The van der Waals surface area contributed by atoms with Crippen LogP contribution in [0.2, 0.25) is 5.02 Å². The largest absolute Gasteiger partial charge is 0.342 e. The van der Waals surface area contributed by atoms with Crippen molar-refractivity contribution >= 4 is 39.6 Å². The molecule has 1 saturated heterocycles. The summed E-state index contributed by atoms with van der Waals surface area (Å²) in [5.74, 6) is -0.272. The summed E-state index contributed by atoms with van der Waals surface area (Å²) in [6.07, 6.45) is 0.776. The Morgan fingerprint density at radius 1 is 0.943 bits per heavy atom. The Balaban J connectivity index is 1.76. The van der Waals surface area contributed by atoms with Gasteiger partial charge < -0.3 is 9.80 Å². The molecule has 0 aromatic heterocycles. The number of carbonyl (C=O) groups excluding carboxylic acids is 2. The lowest BCUT2D eigenvalue weighted by Gasteiger charge is -2.34. The number of anilines is 1. The molecule has 0 N–H and O–H groups in total. The second kappa shape index (κ2) is 10.5. The molecule has 0 aliphatic carbocycles. The SMILES string of the molecule is Cc1ccc(S(=O)(=O)N(Cc2ccc(Cl)cc2)c2ccccc2C(=O)N2CCN(C=O)CC2)cc1. The van der Waals surface area contributed by atoms with Crippen molar-refractivity contribution in [3.05, 3.63) is 94.5 Å². The molecule has 1 fully saturated rings. The lowest BCUT2D eigenvalue weighted by molar-refractivity contribution is -0.119. The van der Waals surface area contributed by atoms with Gasteiger partial charge in [-0.3, -0.25) is 13.9 Å². The average molecular weight is 512 g/mol. The third-order valence-corrected chi connectivity index (χ3v) is 8.03. The molecule has 0 atom stereocenters. The van der Waals surface area contributed by atoms with E-state index in [1.165, 1.54) is 4.31 Å². The third-order valence-electron chi connectivity index (χ3n) is 6.00. The normalized spacial score (nSPS) is 14.0. The summed E-state index contributed by atoms with van der Waals surface area (Å²) in [6.45, 7) is 3.56. The smallest absolute Gasteiger partial charge is 0.264 e. The summed E-state index contributed by atoms with van der Waals surface area (Å²) >= 11 is 6.03. The first-order valence-corrected chi connectivity index (χ1v) is 13.0. The van der Waals surface area contributed by atoms with Gasteiger partial charge in [0.05, 0.1) is 22.7 Å². The molecule has 1 aliphatic rings. The maximum Gasteiger partial charge on any atom is 0.264 e. The fourth-order valence-corrected chi connectivity index (χ4v) is 5.56. The van der Waals surface area contributed by atoms with Gasteiger partial charge in [0.15, 0.2) is 0 Å². The molecule has 0 spiro atoms. The molecular formula is C26H26ClN3O4S. The number of hydrogen-bond donors (Lipinski definition) is 0. The van der Waals surface area contributed by atoms with E-state index in [9.17, 15) is 18.0 Å². The number of benzene rings is 3. The number of piperazine rings is 1. The Morgan fingerprint density at radius 3 is 2.20 bits per heavy atom. The van der Waals surface area contributed by atoms with Crippen molar-refractivity contribution in [1.29, 1.82) is 0 Å². The third kappa shape index (κ3) is 5.49. The van der Waals surface area contributed by atoms with Gasteiger partial charge in [-0.15, -0.1) is 0 Å². The minimum absolute atomic E-state index is 0.0244. The molecule has 4 rings (SSSR count). The molecule has 1 heterocycles. The lowest BCUT2D eigenvalue weighted by atomic mass is 10.1. The van der Waals surface area contributed by atoms with E-state index >= 15 is 0 Å². The Kier molecular flexibility index (Phi) is 7.42. The monoisotopic (exact) mass is 511 g/mol. The van der Waals surface area contributed by atoms with E-state index < -0.39 is 10.0 Å². The Labute approximate surface area is 210 Å². The van der Waals surface area contributed by atoms with E-state index in [2.05, 4.69) is 0 Å². The highest BCUT2D eigenvalue weighted by Gasteiger charge is 2.30. The van der Waals surface area contributed by atoms with Crippen molar-refractivity contribution in [2.45, 2.75) is 18.4 Å². The molecule has 3 aromatic carbocycles. The number of rotatable bonds is 7. The van der Waals surface area contributed by atoms with Crippen molar-refractivity contribution in [2.24, 2.45) is 0 Å². The summed E-state index contributed by atoms with van der Waals surface area (Å²) in [6, 6.07) is 20.3. The van der Waals surface area contributed by atoms with Gasteiger partial charge in [-0.05, 0) is 48.9 Å². The molecular weight excluding hydrogens is 486 g/mol. The van der Waals surface area contributed by atoms with E-state index in [0.717, 1.165) is 17.5 Å². The molecule has 3 aromatic rings. The van der Waals surface area contributed by atoms with Crippen LogP contribution in [0.15, 0.2) is 77.7 Å². The number of nitrogens with zero attached hydrogens (tertiary/aromatic N) is 3. The molecule has 2 amide bonds. The maximum atomic E-state index is 13.9. The molecule has 0 unspecified atom stereocenters.